The van der Waals surface area contributed by atoms with E-state index in [-0.39, 0.29) is 32.8 Å². The number of sulfonamides is 1. The molecule has 3 rings (SSSR count). The lowest BCUT2D eigenvalue weighted by Gasteiger charge is -2.15. The van der Waals surface area contributed by atoms with Gasteiger partial charge in [-0.1, -0.05) is 55.4 Å². The highest BCUT2D eigenvalue weighted by molar-refractivity contribution is 7.98. The molecule has 0 aliphatic heterocycles. The molecule has 2 heterocycles. The van der Waals surface area contributed by atoms with Gasteiger partial charge < -0.3 is 9.47 Å². The molecule has 11 heteroatoms. The molecule has 0 aliphatic rings. The van der Waals surface area contributed by atoms with Crippen LogP contribution in [0.5, 0.6) is 17.2 Å². The van der Waals surface area contributed by atoms with Crippen LogP contribution in [0.2, 0.25) is 5.15 Å². The summed E-state index contributed by atoms with van der Waals surface area (Å²) in [6.45, 7) is 4.00. The van der Waals surface area contributed by atoms with Crippen LogP contribution in [-0.4, -0.2) is 36.7 Å². The molecule has 0 amide bonds. The number of hydrogen-bond acceptors (Lipinski definition) is 8. The molecule has 2 aromatic heterocycles. The molecule has 0 aliphatic carbocycles. The molecule has 0 radical (unpaired) electrons. The molecule has 0 atom stereocenters. The summed E-state index contributed by atoms with van der Waals surface area (Å²) in [5, 5.41) is 0.0739. The lowest BCUT2D eigenvalue weighted by atomic mass is 10.1. The molecule has 0 fully saturated rings. The number of thioether (sulfide) groups is 1. The Labute approximate surface area is 190 Å². The van der Waals surface area contributed by atoms with Gasteiger partial charge in [-0.05, 0) is 35.9 Å². The number of halogens is 1. The molecule has 1 aromatic carbocycles. The van der Waals surface area contributed by atoms with Gasteiger partial charge in [0, 0.05) is 6.20 Å². The predicted molar refractivity (Wildman–Crippen MR) is 121 cm³/mol. The largest absolute Gasteiger partial charge is 0.493 e. The van der Waals surface area contributed by atoms with Crippen LogP contribution >= 0.6 is 23.4 Å². The van der Waals surface area contributed by atoms with Gasteiger partial charge >= 0.3 is 0 Å². The van der Waals surface area contributed by atoms with Crippen LogP contribution in [0.4, 0.5) is 5.82 Å². The third-order valence-corrected chi connectivity index (χ3v) is 6.26. The molecular formula is C20H21ClN4O4S2. The first kappa shape index (κ1) is 23.1. The van der Waals surface area contributed by atoms with Crippen LogP contribution in [0.3, 0.4) is 0 Å². The van der Waals surface area contributed by atoms with E-state index in [0.717, 1.165) is 5.56 Å². The van der Waals surface area contributed by atoms with Crippen LogP contribution in [0.25, 0.3) is 0 Å². The number of methoxy groups -OCH3 is 1. The second-order valence-corrected chi connectivity index (χ2v) is 9.38. The first-order valence-corrected chi connectivity index (χ1v) is 12.2. The molecule has 3 aromatic rings. The predicted octanol–water partition coefficient (Wildman–Crippen LogP) is 4.97. The SMILES string of the molecule is COc1ccccc1Oc1c(Cl)nc(SC)nc1NS(=O)(=O)c1ccc(C(C)C)cn1. The van der Waals surface area contributed by atoms with Gasteiger partial charge in [0.05, 0.1) is 7.11 Å². The Morgan fingerprint density at radius 3 is 2.39 bits per heavy atom. The van der Waals surface area contributed by atoms with Crippen molar-refractivity contribution >= 4 is 39.2 Å². The van der Waals surface area contributed by atoms with Gasteiger partial charge in [-0.25, -0.2) is 15.0 Å². The summed E-state index contributed by atoms with van der Waals surface area (Å²) >= 11 is 7.52. The number of nitrogens with zero attached hydrogens (tertiary/aromatic N) is 3. The van der Waals surface area contributed by atoms with Crippen molar-refractivity contribution in [3.8, 4) is 17.2 Å². The molecule has 0 bridgehead atoms. The Bertz CT molecular complexity index is 1170. The highest BCUT2D eigenvalue weighted by Gasteiger charge is 2.24. The zero-order valence-corrected chi connectivity index (χ0v) is 19.7. The maximum atomic E-state index is 13.0. The van der Waals surface area contributed by atoms with E-state index in [0.29, 0.717) is 11.5 Å². The summed E-state index contributed by atoms with van der Waals surface area (Å²) in [5.41, 5.74) is 0.925. The van der Waals surface area contributed by atoms with Gasteiger partial charge in [-0.3, -0.25) is 4.72 Å². The van der Waals surface area contributed by atoms with Gasteiger partial charge in [0.25, 0.3) is 10.0 Å². The Hall–Kier alpha value is -2.56. The molecule has 31 heavy (non-hydrogen) atoms. The summed E-state index contributed by atoms with van der Waals surface area (Å²) in [6.07, 6.45) is 3.28. The van der Waals surface area contributed by atoms with E-state index in [2.05, 4.69) is 19.7 Å². The maximum Gasteiger partial charge on any atom is 0.280 e. The van der Waals surface area contributed by atoms with Crippen molar-refractivity contribution in [1.82, 2.24) is 15.0 Å². The minimum atomic E-state index is -4.06. The van der Waals surface area contributed by atoms with Crippen LogP contribution in [0.15, 0.2) is 52.8 Å². The molecule has 8 nitrogen and oxygen atoms in total. The van der Waals surface area contributed by atoms with Crippen LogP contribution < -0.4 is 14.2 Å². The average molecular weight is 481 g/mol. The quantitative estimate of drug-likeness (QED) is 0.274. The third kappa shape index (κ3) is 5.38. The molecular weight excluding hydrogens is 460 g/mol. The van der Waals surface area contributed by atoms with Crippen molar-refractivity contribution in [1.29, 1.82) is 0 Å². The fourth-order valence-electron chi connectivity index (χ4n) is 2.54. The Balaban J connectivity index is 2.02. The topological polar surface area (TPSA) is 103 Å². The number of ether oxygens (including phenoxy) is 2. The van der Waals surface area contributed by atoms with Gasteiger partial charge in [-0.15, -0.1) is 0 Å². The summed E-state index contributed by atoms with van der Waals surface area (Å²) in [4.78, 5) is 12.5. The Morgan fingerprint density at radius 1 is 1.10 bits per heavy atom. The molecule has 0 saturated heterocycles. The van der Waals surface area contributed by atoms with E-state index in [4.69, 9.17) is 21.1 Å². The number of para-hydroxylation sites is 2. The van der Waals surface area contributed by atoms with Crippen molar-refractivity contribution in [2.45, 2.75) is 29.9 Å². The summed E-state index contributed by atoms with van der Waals surface area (Å²) in [7, 11) is -2.57. The van der Waals surface area contributed by atoms with Crippen LogP contribution in [0, 0.1) is 0 Å². The Kier molecular flexibility index (Phi) is 7.24. The lowest BCUT2D eigenvalue weighted by Crippen LogP contribution is -2.17. The highest BCUT2D eigenvalue weighted by Crippen LogP contribution is 2.39. The molecule has 164 valence electrons. The molecule has 0 unspecified atom stereocenters. The smallest absolute Gasteiger partial charge is 0.280 e. The number of hydrogen-bond donors (Lipinski definition) is 1. The van der Waals surface area contributed by atoms with E-state index in [1.807, 2.05) is 13.8 Å². The minimum Gasteiger partial charge on any atom is -0.493 e. The number of aromatic nitrogens is 3. The lowest BCUT2D eigenvalue weighted by molar-refractivity contribution is 0.378. The third-order valence-electron chi connectivity index (χ3n) is 4.20. The normalized spacial score (nSPS) is 11.4. The van der Waals surface area contributed by atoms with Crippen molar-refractivity contribution in [2.75, 3.05) is 18.1 Å². The van der Waals surface area contributed by atoms with E-state index < -0.39 is 10.0 Å². The van der Waals surface area contributed by atoms with E-state index >= 15 is 0 Å². The maximum absolute atomic E-state index is 13.0. The van der Waals surface area contributed by atoms with Crippen LogP contribution in [0.1, 0.15) is 25.3 Å². The van der Waals surface area contributed by atoms with Gasteiger partial charge in [0.15, 0.2) is 32.7 Å². The van der Waals surface area contributed by atoms with Crippen molar-refractivity contribution in [3.63, 3.8) is 0 Å². The fourth-order valence-corrected chi connectivity index (χ4v) is 4.10. The van der Waals surface area contributed by atoms with Crippen LogP contribution in [-0.2, 0) is 10.0 Å². The average Bonchev–Trinajstić information content (AvgIpc) is 2.76. The molecule has 0 spiro atoms. The van der Waals surface area contributed by atoms with Gasteiger partial charge in [0.1, 0.15) is 0 Å². The van der Waals surface area contributed by atoms with Crippen molar-refractivity contribution in [3.05, 3.63) is 53.3 Å². The highest BCUT2D eigenvalue weighted by atomic mass is 35.5. The number of pyridine rings is 1. The molecule has 1 N–H and O–H groups in total. The van der Waals surface area contributed by atoms with Gasteiger partial charge in [-0.2, -0.15) is 8.42 Å². The number of rotatable bonds is 8. The van der Waals surface area contributed by atoms with Crippen molar-refractivity contribution in [2.24, 2.45) is 0 Å². The zero-order valence-electron chi connectivity index (χ0n) is 17.3. The number of benzene rings is 1. The number of anilines is 1. The first-order chi connectivity index (χ1) is 14.7. The Morgan fingerprint density at radius 2 is 1.81 bits per heavy atom. The van der Waals surface area contributed by atoms with E-state index in [1.165, 1.54) is 31.1 Å². The second-order valence-electron chi connectivity index (χ2n) is 6.62. The standard InChI is InChI=1S/C20H21ClN4O4S2/c1-12(2)13-9-10-16(22-11-13)31(26,27)25-19-17(18(21)23-20(24-19)30-4)29-15-8-6-5-7-14(15)28-3/h5-12H,1-4H3,(H,23,24,25). The van der Waals surface area contributed by atoms with Crippen molar-refractivity contribution < 1.29 is 17.9 Å². The minimum absolute atomic E-state index is 0.0497. The molecule has 0 saturated carbocycles. The zero-order chi connectivity index (χ0) is 22.6. The summed E-state index contributed by atoms with van der Waals surface area (Å²) in [5.74, 6) is 0.832. The summed E-state index contributed by atoms with van der Waals surface area (Å²) < 4.78 is 39.5. The van der Waals surface area contributed by atoms with E-state index in [1.54, 1.807) is 36.6 Å². The monoisotopic (exact) mass is 480 g/mol. The van der Waals surface area contributed by atoms with E-state index in [9.17, 15) is 8.42 Å². The first-order valence-electron chi connectivity index (χ1n) is 9.16. The summed E-state index contributed by atoms with van der Waals surface area (Å²) in [6, 6.07) is 10.0. The number of nitrogens with one attached hydrogen (secondary N) is 1. The fraction of sp³-hybridized carbons (Fsp3) is 0.250. The second kappa shape index (κ2) is 9.71. The van der Waals surface area contributed by atoms with Gasteiger partial charge in [0.2, 0.25) is 5.75 Å².